The molecule has 1 aliphatic carbocycles. The molecule has 0 aromatic heterocycles. The average Bonchev–Trinajstić information content (AvgIpc) is 3.45. The third kappa shape index (κ3) is 4.73. The summed E-state index contributed by atoms with van der Waals surface area (Å²) in [5.74, 6) is 0.140. The Bertz CT molecular complexity index is 1370. The molecule has 0 heterocycles. The third-order valence-corrected chi connectivity index (χ3v) is 8.86. The van der Waals surface area contributed by atoms with E-state index in [1.54, 1.807) is 0 Å². The predicted octanol–water partition coefficient (Wildman–Crippen LogP) is 8.05. The van der Waals surface area contributed by atoms with Gasteiger partial charge in [0.25, 0.3) is 0 Å². The summed E-state index contributed by atoms with van der Waals surface area (Å²) in [5.41, 5.74) is 4.44. The van der Waals surface area contributed by atoms with Crippen LogP contribution in [0.4, 0.5) is 22.7 Å². The van der Waals surface area contributed by atoms with Crippen molar-refractivity contribution >= 4 is 28.5 Å². The Morgan fingerprint density at radius 3 is 1.14 bits per heavy atom. The lowest BCUT2D eigenvalue weighted by Gasteiger charge is -2.54. The van der Waals surface area contributed by atoms with Crippen LogP contribution in [0.3, 0.4) is 0 Å². The summed E-state index contributed by atoms with van der Waals surface area (Å²) < 4.78 is 0.731. The van der Waals surface area contributed by atoms with Gasteiger partial charge >= 0.3 is 0 Å². The van der Waals surface area contributed by atoms with Gasteiger partial charge in [-0.15, -0.1) is 10.0 Å². The van der Waals surface area contributed by atoms with E-state index >= 15 is 0 Å². The molecule has 0 fully saturated rings. The molecule has 0 aliphatic heterocycles. The molecule has 0 spiro atoms. The van der Waals surface area contributed by atoms with Crippen molar-refractivity contribution in [2.75, 3.05) is 26.2 Å². The van der Waals surface area contributed by atoms with Gasteiger partial charge in [0, 0.05) is 74.7 Å². The van der Waals surface area contributed by atoms with Crippen molar-refractivity contribution in [3.05, 3.63) is 133 Å². The highest BCUT2D eigenvalue weighted by Gasteiger charge is 2.63. The Labute approximate surface area is 251 Å². The van der Waals surface area contributed by atoms with Crippen molar-refractivity contribution < 1.29 is 4.79 Å². The first-order valence-corrected chi connectivity index (χ1v) is 15.3. The molecule has 2 unspecified atom stereocenters. The number of nitrogens with zero attached hydrogens (tertiary/aromatic N) is 4. The Morgan fingerprint density at radius 2 is 0.810 bits per heavy atom. The summed E-state index contributed by atoms with van der Waals surface area (Å²) >= 11 is 0. The zero-order chi connectivity index (χ0) is 29.6. The van der Waals surface area contributed by atoms with Gasteiger partial charge in [-0.1, -0.05) is 72.8 Å². The molecule has 0 N–H and O–H groups in total. The summed E-state index contributed by atoms with van der Waals surface area (Å²) in [4.78, 5) is 14.7. The van der Waals surface area contributed by atoms with Crippen molar-refractivity contribution in [3.8, 4) is 0 Å². The fraction of sp³-hybridized carbons (Fsp3) is 0.270. The van der Waals surface area contributed by atoms with Gasteiger partial charge in [-0.2, -0.15) is 9.18 Å². The third-order valence-electron chi connectivity index (χ3n) is 8.86. The summed E-state index contributed by atoms with van der Waals surface area (Å²) in [6.45, 7) is 12.0. The Hall–Kier alpha value is -3.87. The fourth-order valence-electron chi connectivity index (χ4n) is 7.24. The molecule has 42 heavy (non-hydrogen) atoms. The minimum Gasteiger partial charge on any atom is -0.288 e. The number of para-hydroxylation sites is 4. The first-order valence-electron chi connectivity index (χ1n) is 15.3. The van der Waals surface area contributed by atoms with E-state index in [1.807, 2.05) is 6.08 Å². The molecule has 1 aliphatic rings. The molecule has 5 nitrogen and oxygen atoms in total. The van der Waals surface area contributed by atoms with Gasteiger partial charge < -0.3 is 0 Å². The highest BCUT2D eigenvalue weighted by molar-refractivity contribution is 6.01. The van der Waals surface area contributed by atoms with Gasteiger partial charge in [-0.05, 0) is 39.8 Å². The van der Waals surface area contributed by atoms with E-state index in [-0.39, 0.29) is 11.8 Å². The number of carbonyl (C=O) groups excluding carboxylic acids is 1. The maximum atomic E-state index is 14.7. The average molecular weight is 561 g/mol. The fourth-order valence-corrected chi connectivity index (χ4v) is 7.24. The second-order valence-electron chi connectivity index (χ2n) is 10.7. The van der Waals surface area contributed by atoms with E-state index in [1.165, 1.54) is 0 Å². The number of ketones is 1. The van der Waals surface area contributed by atoms with Crippen LogP contribution in [0.5, 0.6) is 0 Å². The zero-order valence-electron chi connectivity index (χ0n) is 25.4. The second kappa shape index (κ2) is 13.0. The summed E-state index contributed by atoms with van der Waals surface area (Å²) in [7, 11) is 0. The lowest BCUT2D eigenvalue weighted by atomic mass is 9.98. The van der Waals surface area contributed by atoms with E-state index in [0.717, 1.165) is 48.9 Å². The van der Waals surface area contributed by atoms with E-state index < -0.39 is 6.04 Å². The van der Waals surface area contributed by atoms with Crippen LogP contribution in [0, 0.1) is 0 Å². The van der Waals surface area contributed by atoms with Crippen molar-refractivity contribution in [1.82, 2.24) is 19.2 Å². The van der Waals surface area contributed by atoms with Gasteiger partial charge in [0.2, 0.25) is 11.8 Å². The van der Waals surface area contributed by atoms with Crippen molar-refractivity contribution in [3.63, 3.8) is 0 Å². The smallest absolute Gasteiger partial charge is 0.238 e. The molecule has 5 rings (SSSR count). The summed E-state index contributed by atoms with van der Waals surface area (Å²) in [5, 5.41) is 4.94. The zero-order valence-corrected chi connectivity index (χ0v) is 25.4. The molecular formula is C37H44N4O+2. The molecule has 216 valence electrons. The van der Waals surface area contributed by atoms with Crippen molar-refractivity contribution in [2.45, 2.75) is 39.8 Å². The Balaban J connectivity index is 1.92. The minimum atomic E-state index is -0.462. The molecule has 0 bridgehead atoms. The summed E-state index contributed by atoms with van der Waals surface area (Å²) in [6.07, 6.45) is 4.04. The van der Waals surface area contributed by atoms with Crippen LogP contribution in [0.2, 0.25) is 0 Å². The number of quaternary nitrogens is 2. The van der Waals surface area contributed by atoms with Crippen LogP contribution >= 0.6 is 0 Å². The molecular weight excluding hydrogens is 516 g/mol. The minimum absolute atomic E-state index is 0.140. The number of benzene rings is 4. The second-order valence-corrected chi connectivity index (χ2v) is 10.7. The van der Waals surface area contributed by atoms with Crippen LogP contribution in [0.1, 0.15) is 27.7 Å². The van der Waals surface area contributed by atoms with Crippen LogP contribution < -0.4 is 9.18 Å². The lowest BCUT2D eigenvalue weighted by molar-refractivity contribution is -0.127. The number of carbonyl (C=O) groups is 1. The first kappa shape index (κ1) is 29.6. The van der Waals surface area contributed by atoms with Crippen LogP contribution in [0.25, 0.3) is 0 Å². The van der Waals surface area contributed by atoms with Gasteiger partial charge in [0.05, 0.1) is 0 Å². The maximum Gasteiger partial charge on any atom is 0.238 e. The number of hydrogen-bond donors (Lipinski definition) is 0. The first-order chi connectivity index (χ1) is 20.6. The number of rotatable bonds is 12. The maximum absolute atomic E-state index is 14.7. The van der Waals surface area contributed by atoms with Crippen LogP contribution in [0.15, 0.2) is 133 Å². The molecule has 4 aromatic carbocycles. The van der Waals surface area contributed by atoms with E-state index in [9.17, 15) is 4.79 Å². The Morgan fingerprint density at radius 1 is 0.500 bits per heavy atom. The molecule has 0 amide bonds. The quantitative estimate of drug-likeness (QED) is 0.129. The summed E-state index contributed by atoms with van der Waals surface area (Å²) in [6, 6.07) is 42.0. The highest BCUT2D eigenvalue weighted by atomic mass is 16.1. The molecule has 0 saturated carbocycles. The van der Waals surface area contributed by atoms with Gasteiger partial charge in [0.15, 0.2) is 28.8 Å². The molecule has 4 aromatic rings. The van der Waals surface area contributed by atoms with Crippen molar-refractivity contribution in [2.24, 2.45) is 0 Å². The Kier molecular flexibility index (Phi) is 9.15. The van der Waals surface area contributed by atoms with Gasteiger partial charge in [-0.3, -0.25) is 4.79 Å². The highest BCUT2D eigenvalue weighted by Crippen LogP contribution is 2.49. The molecule has 2 atom stereocenters. The molecule has 0 saturated heterocycles. The standard InChI is InChI=1S/C37H44N4O/c1-5-38(6-2)40(31-21-13-9-14-22-31,32-23-15-10-16-24-32)35-29-30-36(42)37(35)41(39(7-3)8-4,33-25-17-11-18-26-33)34-27-19-12-20-28-34/h9-30,35,37H,5-8H2,1-4H3/q+2. The lowest BCUT2D eigenvalue weighted by Crippen LogP contribution is -2.75. The van der Waals surface area contributed by atoms with Gasteiger partial charge in [-0.25, -0.2) is 0 Å². The SMILES string of the molecule is CCN(CC)[N+](c1ccccc1)(c1ccccc1)C1C=CC(=O)C1[N+](c1ccccc1)(c1ccccc1)N(CC)CC. The topological polar surface area (TPSA) is 23.6 Å². The predicted molar refractivity (Wildman–Crippen MR) is 176 cm³/mol. The largest absolute Gasteiger partial charge is 0.288 e. The van der Waals surface area contributed by atoms with Gasteiger partial charge in [0.1, 0.15) is 0 Å². The van der Waals surface area contributed by atoms with E-state index in [2.05, 4.69) is 165 Å². The van der Waals surface area contributed by atoms with Crippen LogP contribution in [-0.2, 0) is 4.79 Å². The monoisotopic (exact) mass is 560 g/mol. The van der Waals surface area contributed by atoms with E-state index in [0.29, 0.717) is 9.18 Å². The van der Waals surface area contributed by atoms with Crippen molar-refractivity contribution in [1.29, 1.82) is 0 Å². The van der Waals surface area contributed by atoms with Crippen LogP contribution in [-0.4, -0.2) is 54.1 Å². The molecule has 0 radical (unpaired) electrons. The van der Waals surface area contributed by atoms with E-state index in [4.69, 9.17) is 0 Å². The number of hydrogen-bond acceptors (Lipinski definition) is 3. The molecule has 5 heteroatoms. The normalized spacial score (nSPS) is 17.3.